The first kappa shape index (κ1) is 7.47. The minimum Gasteiger partial charge on any atom is -0.244 e. The Bertz CT molecular complexity index is 277. The Labute approximate surface area is 72.4 Å². The van der Waals surface area contributed by atoms with E-state index in [0.29, 0.717) is 0 Å². The summed E-state index contributed by atoms with van der Waals surface area (Å²) in [4.78, 5) is 8.02. The lowest BCUT2D eigenvalue weighted by Crippen LogP contribution is -1.92. The summed E-state index contributed by atoms with van der Waals surface area (Å²) in [5.41, 5.74) is 2.61. The smallest absolute Gasteiger partial charge is 0.115 e. The number of rotatable bonds is 1. The molecule has 0 aromatic carbocycles. The van der Waals surface area contributed by atoms with E-state index in [1.807, 2.05) is 12.4 Å². The van der Waals surface area contributed by atoms with Crippen LogP contribution >= 0.6 is 0 Å². The third kappa shape index (κ3) is 1.52. The standard InChI is InChI=1S/C10H12N2/c1-2-4-9(5-3-1)10-6-11-8-12-7-10/h4,6-8H,1-3,5H2. The van der Waals surface area contributed by atoms with Gasteiger partial charge in [-0.3, -0.25) is 0 Å². The highest BCUT2D eigenvalue weighted by Crippen LogP contribution is 2.25. The zero-order valence-electron chi connectivity index (χ0n) is 7.03. The van der Waals surface area contributed by atoms with Crippen LogP contribution in [0.1, 0.15) is 31.2 Å². The van der Waals surface area contributed by atoms with E-state index in [4.69, 9.17) is 0 Å². The molecule has 0 spiro atoms. The highest BCUT2D eigenvalue weighted by Gasteiger charge is 2.05. The predicted molar refractivity (Wildman–Crippen MR) is 48.5 cm³/mol. The molecule has 0 unspecified atom stereocenters. The van der Waals surface area contributed by atoms with Crippen LogP contribution in [0.3, 0.4) is 0 Å². The molecule has 1 aromatic heterocycles. The maximum Gasteiger partial charge on any atom is 0.115 e. The van der Waals surface area contributed by atoms with Crippen molar-refractivity contribution in [2.24, 2.45) is 0 Å². The van der Waals surface area contributed by atoms with Crippen LogP contribution < -0.4 is 0 Å². The summed E-state index contributed by atoms with van der Waals surface area (Å²) in [6, 6.07) is 0. The number of hydrogen-bond donors (Lipinski definition) is 0. The molecule has 0 bridgehead atoms. The summed E-state index contributed by atoms with van der Waals surface area (Å²) in [7, 11) is 0. The largest absolute Gasteiger partial charge is 0.244 e. The zero-order valence-corrected chi connectivity index (χ0v) is 7.03. The lowest BCUT2D eigenvalue weighted by molar-refractivity contribution is 0.741. The molecule has 0 N–H and O–H groups in total. The molecule has 62 valence electrons. The first-order chi connectivity index (χ1) is 5.97. The fourth-order valence-electron chi connectivity index (χ4n) is 1.57. The van der Waals surface area contributed by atoms with Gasteiger partial charge in [0.2, 0.25) is 0 Å². The molecule has 0 radical (unpaired) electrons. The summed E-state index contributed by atoms with van der Waals surface area (Å²) in [5, 5.41) is 0. The second kappa shape index (κ2) is 3.48. The average molecular weight is 160 g/mol. The summed E-state index contributed by atoms with van der Waals surface area (Å²) in [5.74, 6) is 0. The number of allylic oxidation sites excluding steroid dienone is 2. The summed E-state index contributed by atoms with van der Waals surface area (Å²) in [6.45, 7) is 0. The Balaban J connectivity index is 2.24. The fourth-order valence-corrected chi connectivity index (χ4v) is 1.57. The van der Waals surface area contributed by atoms with E-state index in [-0.39, 0.29) is 0 Å². The van der Waals surface area contributed by atoms with Crippen molar-refractivity contribution in [1.29, 1.82) is 0 Å². The number of hydrogen-bond acceptors (Lipinski definition) is 2. The molecule has 1 heterocycles. The van der Waals surface area contributed by atoms with Gasteiger partial charge in [-0.15, -0.1) is 0 Å². The Morgan fingerprint density at radius 3 is 2.58 bits per heavy atom. The van der Waals surface area contributed by atoms with Crippen LogP contribution in [-0.2, 0) is 0 Å². The Morgan fingerprint density at radius 1 is 1.08 bits per heavy atom. The van der Waals surface area contributed by atoms with Crippen LogP contribution in [0.2, 0.25) is 0 Å². The van der Waals surface area contributed by atoms with Crippen molar-refractivity contribution in [2.45, 2.75) is 25.7 Å². The lowest BCUT2D eigenvalue weighted by atomic mass is 9.96. The Morgan fingerprint density at radius 2 is 1.92 bits per heavy atom. The second-order valence-corrected chi connectivity index (χ2v) is 3.10. The van der Waals surface area contributed by atoms with Gasteiger partial charge < -0.3 is 0 Å². The van der Waals surface area contributed by atoms with E-state index in [0.717, 1.165) is 0 Å². The summed E-state index contributed by atoms with van der Waals surface area (Å²) >= 11 is 0. The predicted octanol–water partition coefficient (Wildman–Crippen LogP) is 2.43. The molecular weight excluding hydrogens is 148 g/mol. The lowest BCUT2D eigenvalue weighted by Gasteiger charge is -2.11. The molecule has 0 aliphatic heterocycles. The van der Waals surface area contributed by atoms with Crippen LogP contribution in [0.5, 0.6) is 0 Å². The molecule has 0 saturated heterocycles. The van der Waals surface area contributed by atoms with E-state index in [2.05, 4.69) is 16.0 Å². The van der Waals surface area contributed by atoms with Crippen LogP contribution in [0.25, 0.3) is 5.57 Å². The monoisotopic (exact) mass is 160 g/mol. The summed E-state index contributed by atoms with van der Waals surface area (Å²) < 4.78 is 0. The minimum absolute atomic E-state index is 1.19. The molecule has 1 aliphatic rings. The maximum atomic E-state index is 4.01. The van der Waals surface area contributed by atoms with Crippen molar-refractivity contribution in [3.05, 3.63) is 30.4 Å². The second-order valence-electron chi connectivity index (χ2n) is 3.10. The fraction of sp³-hybridized carbons (Fsp3) is 0.400. The van der Waals surface area contributed by atoms with Gasteiger partial charge in [0.1, 0.15) is 6.33 Å². The molecule has 0 fully saturated rings. The molecule has 2 rings (SSSR count). The van der Waals surface area contributed by atoms with Gasteiger partial charge in [-0.25, -0.2) is 9.97 Å². The number of aromatic nitrogens is 2. The first-order valence-electron chi connectivity index (χ1n) is 4.41. The van der Waals surface area contributed by atoms with E-state index in [1.54, 1.807) is 6.33 Å². The van der Waals surface area contributed by atoms with E-state index < -0.39 is 0 Å². The first-order valence-corrected chi connectivity index (χ1v) is 4.41. The van der Waals surface area contributed by atoms with Gasteiger partial charge in [0, 0.05) is 18.0 Å². The average Bonchev–Trinajstić information content (AvgIpc) is 2.21. The summed E-state index contributed by atoms with van der Waals surface area (Å²) in [6.07, 6.45) is 12.7. The van der Waals surface area contributed by atoms with Gasteiger partial charge in [0.15, 0.2) is 0 Å². The molecule has 1 aliphatic carbocycles. The molecule has 0 atom stereocenters. The third-order valence-electron chi connectivity index (χ3n) is 2.22. The van der Waals surface area contributed by atoms with Gasteiger partial charge in [0.05, 0.1) is 0 Å². The minimum atomic E-state index is 1.19. The molecule has 2 nitrogen and oxygen atoms in total. The molecule has 0 saturated carbocycles. The van der Waals surface area contributed by atoms with Crippen molar-refractivity contribution in [1.82, 2.24) is 9.97 Å². The van der Waals surface area contributed by atoms with E-state index in [9.17, 15) is 0 Å². The molecule has 0 amide bonds. The quantitative estimate of drug-likeness (QED) is 0.630. The topological polar surface area (TPSA) is 25.8 Å². The normalized spacial score (nSPS) is 17.2. The van der Waals surface area contributed by atoms with E-state index in [1.165, 1.54) is 36.8 Å². The highest BCUT2D eigenvalue weighted by molar-refractivity contribution is 5.64. The maximum absolute atomic E-state index is 4.01. The van der Waals surface area contributed by atoms with Crippen molar-refractivity contribution in [3.8, 4) is 0 Å². The molecular formula is C10H12N2. The van der Waals surface area contributed by atoms with Crippen LogP contribution in [0, 0.1) is 0 Å². The van der Waals surface area contributed by atoms with E-state index >= 15 is 0 Å². The zero-order chi connectivity index (χ0) is 8.23. The van der Waals surface area contributed by atoms with Gasteiger partial charge >= 0.3 is 0 Å². The van der Waals surface area contributed by atoms with Crippen LogP contribution in [-0.4, -0.2) is 9.97 Å². The van der Waals surface area contributed by atoms with Gasteiger partial charge in [-0.05, 0) is 31.3 Å². The van der Waals surface area contributed by atoms with Crippen molar-refractivity contribution < 1.29 is 0 Å². The number of nitrogens with zero attached hydrogens (tertiary/aromatic N) is 2. The Hall–Kier alpha value is -1.18. The van der Waals surface area contributed by atoms with Crippen molar-refractivity contribution in [2.75, 3.05) is 0 Å². The third-order valence-corrected chi connectivity index (χ3v) is 2.22. The van der Waals surface area contributed by atoms with Gasteiger partial charge in [-0.2, -0.15) is 0 Å². The molecule has 2 heteroatoms. The van der Waals surface area contributed by atoms with Crippen LogP contribution in [0.4, 0.5) is 0 Å². The Kier molecular flexibility index (Phi) is 2.16. The molecule has 1 aromatic rings. The highest BCUT2D eigenvalue weighted by atomic mass is 14.8. The van der Waals surface area contributed by atoms with Crippen molar-refractivity contribution >= 4 is 5.57 Å². The SMILES string of the molecule is C1=C(c2cncnc2)CCCC1. The molecule has 12 heavy (non-hydrogen) atoms. The van der Waals surface area contributed by atoms with Gasteiger partial charge in [0.25, 0.3) is 0 Å². The van der Waals surface area contributed by atoms with Crippen molar-refractivity contribution in [3.63, 3.8) is 0 Å². The van der Waals surface area contributed by atoms with Gasteiger partial charge in [-0.1, -0.05) is 6.08 Å². The van der Waals surface area contributed by atoms with Crippen LogP contribution in [0.15, 0.2) is 24.8 Å².